The van der Waals surface area contributed by atoms with Crippen molar-refractivity contribution in [1.82, 2.24) is 15.5 Å². The lowest BCUT2D eigenvalue weighted by Gasteiger charge is -2.24. The number of nitrogens with one attached hydrogen (secondary N) is 2. The Hall–Kier alpha value is -3.55. The van der Waals surface area contributed by atoms with Gasteiger partial charge in [-0.2, -0.15) is 0 Å². The first-order chi connectivity index (χ1) is 16.2. The second-order valence-electron chi connectivity index (χ2n) is 9.11. The Morgan fingerprint density at radius 3 is 2.09 bits per heavy atom. The van der Waals surface area contributed by atoms with Gasteiger partial charge in [0.05, 0.1) is 0 Å². The van der Waals surface area contributed by atoms with Crippen LogP contribution >= 0.6 is 0 Å². The number of hydrogen-bond donors (Lipinski definition) is 2. The molecule has 0 aromatic heterocycles. The van der Waals surface area contributed by atoms with Gasteiger partial charge in [0.1, 0.15) is 18.8 Å². The number of carbonyl (C=O) groups excluding carboxylic acids is 3. The van der Waals surface area contributed by atoms with Crippen molar-refractivity contribution in [3.05, 3.63) is 59.7 Å². The van der Waals surface area contributed by atoms with E-state index in [2.05, 4.69) is 22.8 Å². The molecule has 2 N–H and O–H groups in total. The maximum atomic E-state index is 12.9. The largest absolute Gasteiger partial charge is 0.448 e. The maximum absolute atomic E-state index is 12.9. The van der Waals surface area contributed by atoms with Crippen LogP contribution in [0, 0.1) is 0 Å². The zero-order valence-corrected chi connectivity index (χ0v) is 20.2. The van der Waals surface area contributed by atoms with E-state index >= 15 is 0 Å². The fourth-order valence-corrected chi connectivity index (χ4v) is 3.95. The van der Waals surface area contributed by atoms with Crippen LogP contribution in [0.4, 0.5) is 9.59 Å². The van der Waals surface area contributed by atoms with Gasteiger partial charge in [-0.3, -0.25) is 9.69 Å². The first-order valence-electron chi connectivity index (χ1n) is 11.5. The zero-order chi connectivity index (χ0) is 24.7. The number of nitrogens with zero attached hydrogens (tertiary/aromatic N) is 1. The van der Waals surface area contributed by atoms with Gasteiger partial charge in [0.25, 0.3) is 0 Å². The van der Waals surface area contributed by atoms with Crippen LogP contribution in [0.25, 0.3) is 11.1 Å². The summed E-state index contributed by atoms with van der Waals surface area (Å²) in [5.41, 5.74) is 3.87. The fourth-order valence-electron chi connectivity index (χ4n) is 3.95. The van der Waals surface area contributed by atoms with Crippen molar-refractivity contribution >= 4 is 18.1 Å². The highest BCUT2D eigenvalue weighted by atomic mass is 16.6. The topological polar surface area (TPSA) is 97.0 Å². The first-order valence-corrected chi connectivity index (χ1v) is 11.5. The number of likely N-dealkylation sites (N-methyl/N-ethyl adjacent to an activating group) is 1. The molecular weight excluding hydrogens is 434 g/mol. The Morgan fingerprint density at radius 1 is 0.941 bits per heavy atom. The second kappa shape index (κ2) is 11.0. The number of benzene rings is 2. The van der Waals surface area contributed by atoms with Gasteiger partial charge in [-0.25, -0.2) is 9.59 Å². The standard InChI is InChI=1S/C26H33N3O5/c1-5-27-23(30)16-29(15-14-28-24(31)34-26(2,3)4)25(32)33-17-22-20-12-8-6-10-18(20)19-11-7-9-13-21(19)22/h6-13,22H,5,14-17H2,1-4H3,(H,27,30)(H,28,31). The van der Waals surface area contributed by atoms with E-state index in [1.807, 2.05) is 36.4 Å². The molecule has 34 heavy (non-hydrogen) atoms. The smallest absolute Gasteiger partial charge is 0.410 e. The summed E-state index contributed by atoms with van der Waals surface area (Å²) in [5.74, 6) is -0.379. The van der Waals surface area contributed by atoms with E-state index in [-0.39, 0.29) is 38.1 Å². The van der Waals surface area contributed by atoms with Crippen molar-refractivity contribution in [2.24, 2.45) is 0 Å². The molecule has 0 unspecified atom stereocenters. The van der Waals surface area contributed by atoms with Gasteiger partial charge in [-0.05, 0) is 49.9 Å². The minimum atomic E-state index is -0.627. The molecule has 3 amide bonds. The van der Waals surface area contributed by atoms with Crippen LogP contribution in [0.5, 0.6) is 0 Å². The van der Waals surface area contributed by atoms with Crippen molar-refractivity contribution in [3.8, 4) is 11.1 Å². The van der Waals surface area contributed by atoms with E-state index in [0.29, 0.717) is 6.54 Å². The molecule has 0 aliphatic heterocycles. The molecule has 0 fully saturated rings. The molecule has 0 radical (unpaired) electrons. The number of alkyl carbamates (subject to hydrolysis) is 1. The number of rotatable bonds is 8. The van der Waals surface area contributed by atoms with Gasteiger partial charge in [0.2, 0.25) is 5.91 Å². The van der Waals surface area contributed by atoms with Crippen molar-refractivity contribution in [2.75, 3.05) is 32.8 Å². The predicted molar refractivity (Wildman–Crippen MR) is 130 cm³/mol. The van der Waals surface area contributed by atoms with Gasteiger partial charge in [0, 0.05) is 25.6 Å². The summed E-state index contributed by atoms with van der Waals surface area (Å²) in [4.78, 5) is 38.3. The number of hydrogen-bond acceptors (Lipinski definition) is 5. The Bertz CT molecular complexity index is 986. The first kappa shape index (κ1) is 25.1. The van der Waals surface area contributed by atoms with Gasteiger partial charge < -0.3 is 20.1 Å². The fraction of sp³-hybridized carbons (Fsp3) is 0.423. The SMILES string of the molecule is CCNC(=O)CN(CCNC(=O)OC(C)(C)C)C(=O)OCC1c2ccccc2-c2ccccc21. The molecular formula is C26H33N3O5. The van der Waals surface area contributed by atoms with Gasteiger partial charge >= 0.3 is 12.2 Å². The molecule has 1 aliphatic carbocycles. The molecule has 1 aliphatic rings. The van der Waals surface area contributed by atoms with Crippen molar-refractivity contribution in [1.29, 1.82) is 0 Å². The third-order valence-corrected chi connectivity index (χ3v) is 5.35. The van der Waals surface area contributed by atoms with E-state index in [1.54, 1.807) is 27.7 Å². The Labute approximate surface area is 200 Å². The monoisotopic (exact) mass is 467 g/mol. The third kappa shape index (κ3) is 6.50. The molecule has 3 rings (SSSR count). The summed E-state index contributed by atoms with van der Waals surface area (Å²) in [6.07, 6.45) is -1.20. The molecule has 0 saturated carbocycles. The van der Waals surface area contributed by atoms with Crippen LogP contribution in [-0.2, 0) is 14.3 Å². The Morgan fingerprint density at radius 2 is 1.53 bits per heavy atom. The average Bonchev–Trinajstić information content (AvgIpc) is 3.09. The molecule has 0 saturated heterocycles. The van der Waals surface area contributed by atoms with Gasteiger partial charge in [-0.1, -0.05) is 48.5 Å². The lowest BCUT2D eigenvalue weighted by molar-refractivity contribution is -0.121. The van der Waals surface area contributed by atoms with Crippen LogP contribution in [0.1, 0.15) is 44.7 Å². The molecule has 2 aromatic rings. The van der Waals surface area contributed by atoms with Crippen LogP contribution < -0.4 is 10.6 Å². The van der Waals surface area contributed by atoms with Crippen molar-refractivity contribution in [3.63, 3.8) is 0 Å². The lowest BCUT2D eigenvalue weighted by Crippen LogP contribution is -2.45. The number of carbonyl (C=O) groups is 3. The summed E-state index contributed by atoms with van der Waals surface area (Å²) >= 11 is 0. The predicted octanol–water partition coefficient (Wildman–Crippen LogP) is 3.90. The Balaban J connectivity index is 1.64. The van der Waals surface area contributed by atoms with E-state index in [9.17, 15) is 14.4 Å². The van der Waals surface area contributed by atoms with Gasteiger partial charge in [-0.15, -0.1) is 0 Å². The lowest BCUT2D eigenvalue weighted by atomic mass is 9.98. The van der Waals surface area contributed by atoms with E-state index in [1.165, 1.54) is 4.90 Å². The quantitative estimate of drug-likeness (QED) is 0.614. The minimum Gasteiger partial charge on any atom is -0.448 e. The highest BCUT2D eigenvalue weighted by Gasteiger charge is 2.30. The summed E-state index contributed by atoms with van der Waals surface area (Å²) in [6.45, 7) is 7.78. The molecule has 0 atom stereocenters. The third-order valence-electron chi connectivity index (χ3n) is 5.35. The second-order valence-corrected chi connectivity index (χ2v) is 9.11. The van der Waals surface area contributed by atoms with Crippen molar-refractivity contribution < 1.29 is 23.9 Å². The number of amides is 3. The highest BCUT2D eigenvalue weighted by Crippen LogP contribution is 2.44. The van der Waals surface area contributed by atoms with E-state index < -0.39 is 17.8 Å². The normalized spacial score (nSPS) is 12.4. The summed E-state index contributed by atoms with van der Waals surface area (Å²) < 4.78 is 10.9. The number of fused-ring (bicyclic) bond motifs is 3. The highest BCUT2D eigenvalue weighted by molar-refractivity contribution is 5.82. The van der Waals surface area contributed by atoms with E-state index in [4.69, 9.17) is 9.47 Å². The number of ether oxygens (including phenoxy) is 2. The molecule has 0 bridgehead atoms. The molecule has 0 spiro atoms. The van der Waals surface area contributed by atoms with Crippen LogP contribution in [-0.4, -0.2) is 61.4 Å². The molecule has 8 heteroatoms. The minimum absolute atomic E-state index is 0.0810. The zero-order valence-electron chi connectivity index (χ0n) is 20.2. The Kier molecular flexibility index (Phi) is 8.15. The summed E-state index contributed by atoms with van der Waals surface area (Å²) in [5, 5.41) is 5.29. The van der Waals surface area contributed by atoms with Crippen molar-refractivity contribution in [2.45, 2.75) is 39.2 Å². The van der Waals surface area contributed by atoms with E-state index in [0.717, 1.165) is 22.3 Å². The van der Waals surface area contributed by atoms with Crippen LogP contribution in [0.15, 0.2) is 48.5 Å². The molecule has 0 heterocycles. The van der Waals surface area contributed by atoms with Crippen LogP contribution in [0.3, 0.4) is 0 Å². The molecule has 8 nitrogen and oxygen atoms in total. The molecule has 182 valence electrons. The summed E-state index contributed by atoms with van der Waals surface area (Å²) in [6, 6.07) is 16.2. The summed E-state index contributed by atoms with van der Waals surface area (Å²) in [7, 11) is 0. The average molecular weight is 468 g/mol. The van der Waals surface area contributed by atoms with Crippen LogP contribution in [0.2, 0.25) is 0 Å². The van der Waals surface area contributed by atoms with Gasteiger partial charge in [0.15, 0.2) is 0 Å². The maximum Gasteiger partial charge on any atom is 0.410 e. The molecule has 2 aromatic carbocycles.